The molecule has 3 heterocycles. The van der Waals surface area contributed by atoms with E-state index in [9.17, 15) is 8.42 Å². The topological polar surface area (TPSA) is 58.2 Å². The Labute approximate surface area is 190 Å². The molecular formula is C27H28N2O2S. The average Bonchev–Trinajstić information content (AvgIpc) is 2.82. The summed E-state index contributed by atoms with van der Waals surface area (Å²) in [5.74, 6) is 0.216. The molecule has 3 aliphatic heterocycles. The van der Waals surface area contributed by atoms with Crippen LogP contribution in [0.2, 0.25) is 0 Å². The van der Waals surface area contributed by atoms with Crippen LogP contribution >= 0.6 is 0 Å². The van der Waals surface area contributed by atoms with Gasteiger partial charge in [0.05, 0.1) is 16.7 Å². The number of aryl methyl sites for hydroxylation is 1. The average molecular weight is 445 g/mol. The van der Waals surface area contributed by atoms with E-state index in [0.717, 1.165) is 49.9 Å². The van der Waals surface area contributed by atoms with E-state index in [-0.39, 0.29) is 11.7 Å². The summed E-state index contributed by atoms with van der Waals surface area (Å²) in [6.45, 7) is 2.03. The lowest BCUT2D eigenvalue weighted by Gasteiger charge is -2.30. The molecule has 0 radical (unpaired) electrons. The number of fused-ring (bicyclic) bond motifs is 3. The van der Waals surface area contributed by atoms with Crippen LogP contribution < -0.4 is 10.6 Å². The summed E-state index contributed by atoms with van der Waals surface area (Å²) in [5.41, 5.74) is 8.82. The van der Waals surface area contributed by atoms with E-state index < -0.39 is 9.84 Å². The number of hydrogen-bond donors (Lipinski definition) is 2. The highest BCUT2D eigenvalue weighted by Crippen LogP contribution is 2.38. The van der Waals surface area contributed by atoms with Gasteiger partial charge in [0.2, 0.25) is 0 Å². The van der Waals surface area contributed by atoms with Gasteiger partial charge in [0.25, 0.3) is 0 Å². The predicted octanol–water partition coefficient (Wildman–Crippen LogP) is 4.55. The van der Waals surface area contributed by atoms with E-state index in [1.807, 2.05) is 18.2 Å². The quantitative estimate of drug-likeness (QED) is 0.609. The Balaban J connectivity index is 1.24. The highest BCUT2D eigenvalue weighted by Gasteiger charge is 2.31. The van der Waals surface area contributed by atoms with Crippen molar-refractivity contribution in [3.8, 4) is 0 Å². The van der Waals surface area contributed by atoms with Gasteiger partial charge in [-0.05, 0) is 77.7 Å². The highest BCUT2D eigenvalue weighted by molar-refractivity contribution is 7.91. The largest absolute Gasteiger partial charge is 0.378 e. The molecule has 3 aliphatic rings. The highest BCUT2D eigenvalue weighted by atomic mass is 32.2. The Bertz CT molecular complexity index is 1300. The predicted molar refractivity (Wildman–Crippen MR) is 128 cm³/mol. The molecule has 4 nitrogen and oxygen atoms in total. The van der Waals surface area contributed by atoms with E-state index >= 15 is 0 Å². The molecule has 32 heavy (non-hydrogen) atoms. The van der Waals surface area contributed by atoms with Gasteiger partial charge in [0.1, 0.15) is 0 Å². The lowest BCUT2D eigenvalue weighted by Crippen LogP contribution is -2.25. The maximum Gasteiger partial charge on any atom is 0.179 e. The molecule has 2 N–H and O–H groups in total. The molecule has 3 aromatic rings. The summed E-state index contributed by atoms with van der Waals surface area (Å²) in [6, 6.07) is 21.2. The monoisotopic (exact) mass is 444 g/mol. The second-order valence-electron chi connectivity index (χ2n) is 9.40. The molecule has 0 saturated carbocycles. The fourth-order valence-corrected chi connectivity index (χ4v) is 7.47. The molecule has 0 saturated heterocycles. The van der Waals surface area contributed by atoms with Crippen molar-refractivity contribution in [2.45, 2.75) is 49.1 Å². The third kappa shape index (κ3) is 3.54. The zero-order valence-electron chi connectivity index (χ0n) is 18.1. The molecule has 0 amide bonds. The first-order valence-electron chi connectivity index (χ1n) is 11.6. The van der Waals surface area contributed by atoms with Crippen molar-refractivity contribution < 1.29 is 8.42 Å². The molecule has 0 spiro atoms. The summed E-state index contributed by atoms with van der Waals surface area (Å²) in [7, 11) is -3.23. The number of hydrogen-bond acceptors (Lipinski definition) is 4. The summed E-state index contributed by atoms with van der Waals surface area (Å²) in [6.07, 6.45) is 3.95. The number of nitrogens with one attached hydrogen (secondary N) is 2. The molecule has 3 aromatic carbocycles. The van der Waals surface area contributed by atoms with Crippen molar-refractivity contribution in [3.63, 3.8) is 0 Å². The smallest absolute Gasteiger partial charge is 0.179 e. The zero-order chi connectivity index (χ0) is 21.7. The van der Waals surface area contributed by atoms with Crippen LogP contribution in [0, 0.1) is 0 Å². The summed E-state index contributed by atoms with van der Waals surface area (Å²) < 4.78 is 25.7. The molecule has 164 valence electrons. The number of rotatable bonds is 2. The lowest BCUT2D eigenvalue weighted by molar-refractivity contribution is 0.575. The molecule has 0 aliphatic carbocycles. The molecule has 0 fully saturated rings. The van der Waals surface area contributed by atoms with E-state index in [0.29, 0.717) is 10.9 Å². The van der Waals surface area contributed by atoms with Crippen LogP contribution in [0.15, 0.2) is 65.6 Å². The number of sulfone groups is 1. The standard InChI is InChI=1S/C27H28N2O2S/c30-32(31)17-24(15-22-3-1-2-4-27(22)32)19-7-9-25-21(13-19)8-10-26(29-25)20-6-5-18-11-12-28-16-23(18)14-20/h1-7,9,13-14,24,26,28-29H,8,10-12,15-17H2. The van der Waals surface area contributed by atoms with Crippen LogP contribution in [0.25, 0.3) is 0 Å². The van der Waals surface area contributed by atoms with Gasteiger partial charge in [0.15, 0.2) is 9.84 Å². The van der Waals surface area contributed by atoms with Crippen molar-refractivity contribution in [2.24, 2.45) is 0 Å². The second-order valence-corrected chi connectivity index (χ2v) is 11.4. The SMILES string of the molecule is O=S1(=O)CC(c2ccc3c(c2)CCC(c2ccc4c(c2)CNCC4)N3)Cc2ccccc21. The van der Waals surface area contributed by atoms with Crippen LogP contribution in [-0.4, -0.2) is 20.7 Å². The number of benzene rings is 3. The maximum absolute atomic E-state index is 12.8. The first kappa shape index (κ1) is 20.0. The van der Waals surface area contributed by atoms with Gasteiger partial charge in [-0.15, -0.1) is 0 Å². The summed E-state index contributed by atoms with van der Waals surface area (Å²) >= 11 is 0. The lowest BCUT2D eigenvalue weighted by atomic mass is 9.87. The van der Waals surface area contributed by atoms with Gasteiger partial charge in [-0.1, -0.05) is 48.5 Å². The van der Waals surface area contributed by atoms with Gasteiger partial charge >= 0.3 is 0 Å². The first-order valence-corrected chi connectivity index (χ1v) is 13.2. The van der Waals surface area contributed by atoms with Crippen LogP contribution in [0.5, 0.6) is 0 Å². The first-order chi connectivity index (χ1) is 15.6. The van der Waals surface area contributed by atoms with Crippen LogP contribution in [0.3, 0.4) is 0 Å². The Kier molecular flexibility index (Phi) is 4.85. The second kappa shape index (κ2) is 7.75. The van der Waals surface area contributed by atoms with E-state index in [4.69, 9.17) is 0 Å². The van der Waals surface area contributed by atoms with Crippen LogP contribution in [0.4, 0.5) is 5.69 Å². The van der Waals surface area contributed by atoms with E-state index in [1.54, 1.807) is 6.07 Å². The molecule has 5 heteroatoms. The van der Waals surface area contributed by atoms with Gasteiger partial charge < -0.3 is 10.6 Å². The van der Waals surface area contributed by atoms with E-state index in [1.165, 1.54) is 27.9 Å². The van der Waals surface area contributed by atoms with Gasteiger partial charge in [0, 0.05) is 18.2 Å². The molecule has 6 rings (SSSR count). The van der Waals surface area contributed by atoms with Gasteiger partial charge in [-0.3, -0.25) is 0 Å². The number of anilines is 1. The molecule has 0 aromatic heterocycles. The Morgan fingerprint density at radius 3 is 2.59 bits per heavy atom. The zero-order valence-corrected chi connectivity index (χ0v) is 18.9. The Morgan fingerprint density at radius 2 is 1.66 bits per heavy atom. The van der Waals surface area contributed by atoms with Crippen molar-refractivity contribution >= 4 is 15.5 Å². The van der Waals surface area contributed by atoms with Crippen LogP contribution in [-0.2, 0) is 35.6 Å². The molecule has 2 unspecified atom stereocenters. The van der Waals surface area contributed by atoms with Gasteiger partial charge in [-0.25, -0.2) is 8.42 Å². The van der Waals surface area contributed by atoms with E-state index in [2.05, 4.69) is 47.0 Å². The minimum Gasteiger partial charge on any atom is -0.378 e. The summed E-state index contributed by atoms with van der Waals surface area (Å²) in [5, 5.41) is 7.22. The third-order valence-corrected chi connectivity index (χ3v) is 9.26. The van der Waals surface area contributed by atoms with Crippen molar-refractivity contribution in [2.75, 3.05) is 17.6 Å². The summed E-state index contributed by atoms with van der Waals surface area (Å²) in [4.78, 5) is 0.513. The maximum atomic E-state index is 12.8. The molecule has 0 bridgehead atoms. The minimum absolute atomic E-state index is 0.0195. The van der Waals surface area contributed by atoms with Crippen molar-refractivity contribution in [3.05, 3.63) is 94.0 Å². The third-order valence-electron chi connectivity index (χ3n) is 7.35. The van der Waals surface area contributed by atoms with Crippen molar-refractivity contribution in [1.29, 1.82) is 0 Å². The minimum atomic E-state index is -3.23. The van der Waals surface area contributed by atoms with Crippen LogP contribution in [0.1, 0.15) is 51.8 Å². The van der Waals surface area contributed by atoms with Gasteiger partial charge in [-0.2, -0.15) is 0 Å². The molecular weight excluding hydrogens is 416 g/mol. The Morgan fingerprint density at radius 1 is 0.812 bits per heavy atom. The fraction of sp³-hybridized carbons (Fsp3) is 0.333. The fourth-order valence-electron chi connectivity index (χ4n) is 5.61. The van der Waals surface area contributed by atoms with Crippen molar-refractivity contribution in [1.82, 2.24) is 5.32 Å². The normalized spacial score (nSPS) is 23.4. The Hall–Kier alpha value is -2.63. The molecule has 2 atom stereocenters.